The number of nitrogens with one attached hydrogen (secondary N) is 1. The molecule has 1 aliphatic carbocycles. The molecule has 2 atom stereocenters. The van der Waals surface area contributed by atoms with Crippen LogP contribution in [0.15, 0.2) is 59.1 Å². The molecule has 1 N–H and O–H groups in total. The van der Waals surface area contributed by atoms with Crippen LogP contribution in [0.25, 0.3) is 0 Å². The molecule has 2 aromatic rings. The Morgan fingerprint density at radius 2 is 1.65 bits per heavy atom. The van der Waals surface area contributed by atoms with Crippen molar-refractivity contribution >= 4 is 27.4 Å². The molecule has 0 spiro atoms. The Balaban J connectivity index is 1.72. The van der Waals surface area contributed by atoms with Crippen LogP contribution in [0.3, 0.4) is 0 Å². The van der Waals surface area contributed by atoms with Crippen molar-refractivity contribution in [3.05, 3.63) is 64.6 Å². The second kappa shape index (κ2) is 5.80. The third kappa shape index (κ3) is 2.78. The van der Waals surface area contributed by atoms with Crippen LogP contribution in [0.1, 0.15) is 24.3 Å². The summed E-state index contributed by atoms with van der Waals surface area (Å²) in [7, 11) is 0. The molecule has 0 radical (unpaired) electrons. The van der Waals surface area contributed by atoms with Crippen LogP contribution in [0, 0.1) is 0 Å². The van der Waals surface area contributed by atoms with Gasteiger partial charge >= 0.3 is 0 Å². The molecule has 0 aromatic heterocycles. The zero-order valence-electron chi connectivity index (χ0n) is 11.1. The molecule has 2 aromatic carbocycles. The molecule has 3 heteroatoms. The first kappa shape index (κ1) is 13.4. The van der Waals surface area contributed by atoms with Crippen LogP contribution >= 0.6 is 15.9 Å². The van der Waals surface area contributed by atoms with Gasteiger partial charge in [-0.2, -0.15) is 0 Å². The number of hydrogen-bond donors (Lipinski definition) is 1. The maximum absolute atomic E-state index is 12.5. The molecule has 102 valence electrons. The lowest BCUT2D eigenvalue weighted by Gasteiger charge is -2.14. The molecular formula is C17H16BrNO. The SMILES string of the molecule is O=C1C(Nc2ccccc2)CCC1c1ccc(Br)cc1. The van der Waals surface area contributed by atoms with Crippen molar-refractivity contribution < 1.29 is 4.79 Å². The third-order valence-electron chi connectivity index (χ3n) is 3.82. The van der Waals surface area contributed by atoms with Crippen molar-refractivity contribution in [2.75, 3.05) is 5.32 Å². The number of Topliss-reactive ketones (excluding diaryl/α,β-unsaturated/α-hetero) is 1. The number of para-hydroxylation sites is 1. The average Bonchev–Trinajstić information content (AvgIpc) is 2.83. The van der Waals surface area contributed by atoms with Gasteiger partial charge in [0, 0.05) is 16.1 Å². The Hall–Kier alpha value is -1.61. The van der Waals surface area contributed by atoms with Gasteiger partial charge < -0.3 is 5.32 Å². The summed E-state index contributed by atoms with van der Waals surface area (Å²) in [6.45, 7) is 0. The molecular weight excluding hydrogens is 314 g/mol. The van der Waals surface area contributed by atoms with Gasteiger partial charge in [-0.3, -0.25) is 4.79 Å². The van der Waals surface area contributed by atoms with Crippen molar-refractivity contribution in [3.8, 4) is 0 Å². The highest BCUT2D eigenvalue weighted by Crippen LogP contribution is 2.33. The van der Waals surface area contributed by atoms with Crippen molar-refractivity contribution in [2.45, 2.75) is 24.8 Å². The number of carbonyl (C=O) groups excluding carboxylic acids is 1. The van der Waals surface area contributed by atoms with Crippen LogP contribution in [0.2, 0.25) is 0 Å². The molecule has 0 saturated heterocycles. The summed E-state index contributed by atoms with van der Waals surface area (Å²) in [5, 5.41) is 3.34. The number of benzene rings is 2. The summed E-state index contributed by atoms with van der Waals surface area (Å²) in [6, 6.07) is 18.0. The lowest BCUT2D eigenvalue weighted by molar-refractivity contribution is -0.119. The molecule has 20 heavy (non-hydrogen) atoms. The van der Waals surface area contributed by atoms with Gasteiger partial charge in [-0.05, 0) is 42.7 Å². The van der Waals surface area contributed by atoms with Crippen LogP contribution in [-0.2, 0) is 4.79 Å². The maximum atomic E-state index is 12.5. The molecule has 3 rings (SSSR count). The van der Waals surface area contributed by atoms with E-state index in [1.807, 2.05) is 54.6 Å². The first-order valence-corrected chi connectivity index (χ1v) is 7.64. The van der Waals surface area contributed by atoms with Gasteiger partial charge in [0.25, 0.3) is 0 Å². The van der Waals surface area contributed by atoms with Gasteiger partial charge in [0.1, 0.15) is 0 Å². The van der Waals surface area contributed by atoms with E-state index in [-0.39, 0.29) is 12.0 Å². The van der Waals surface area contributed by atoms with Crippen LogP contribution < -0.4 is 5.32 Å². The lowest BCUT2D eigenvalue weighted by atomic mass is 9.96. The maximum Gasteiger partial charge on any atom is 0.162 e. The van der Waals surface area contributed by atoms with E-state index in [9.17, 15) is 4.79 Å². The van der Waals surface area contributed by atoms with Gasteiger partial charge in [-0.1, -0.05) is 46.3 Å². The van der Waals surface area contributed by atoms with E-state index in [0.29, 0.717) is 5.78 Å². The first-order chi connectivity index (χ1) is 9.74. The number of carbonyl (C=O) groups is 1. The monoisotopic (exact) mass is 329 g/mol. The zero-order chi connectivity index (χ0) is 13.9. The summed E-state index contributed by atoms with van der Waals surface area (Å²) >= 11 is 3.43. The molecule has 0 aliphatic heterocycles. The minimum Gasteiger partial charge on any atom is -0.375 e. The van der Waals surface area contributed by atoms with E-state index >= 15 is 0 Å². The van der Waals surface area contributed by atoms with Gasteiger partial charge in [-0.25, -0.2) is 0 Å². The quantitative estimate of drug-likeness (QED) is 0.905. The van der Waals surface area contributed by atoms with Crippen molar-refractivity contribution in [1.82, 2.24) is 0 Å². The second-order valence-electron chi connectivity index (χ2n) is 5.15. The minimum absolute atomic E-state index is 0.0318. The Kier molecular flexibility index (Phi) is 3.88. The van der Waals surface area contributed by atoms with Crippen LogP contribution in [0.4, 0.5) is 5.69 Å². The van der Waals surface area contributed by atoms with Gasteiger partial charge in [0.15, 0.2) is 5.78 Å². The first-order valence-electron chi connectivity index (χ1n) is 6.85. The topological polar surface area (TPSA) is 29.1 Å². The number of halogens is 1. The van der Waals surface area contributed by atoms with Crippen molar-refractivity contribution in [3.63, 3.8) is 0 Å². The second-order valence-corrected chi connectivity index (χ2v) is 6.06. The smallest absolute Gasteiger partial charge is 0.162 e. The van der Waals surface area contributed by atoms with E-state index in [2.05, 4.69) is 21.2 Å². The molecule has 1 saturated carbocycles. The summed E-state index contributed by atoms with van der Waals surface area (Å²) in [4.78, 5) is 12.5. The average molecular weight is 330 g/mol. The molecule has 2 nitrogen and oxygen atoms in total. The highest BCUT2D eigenvalue weighted by atomic mass is 79.9. The summed E-state index contributed by atoms with van der Waals surface area (Å²) in [5.41, 5.74) is 2.14. The van der Waals surface area contributed by atoms with E-state index in [4.69, 9.17) is 0 Å². The standard InChI is InChI=1S/C17H16BrNO/c18-13-8-6-12(7-9-13)15-10-11-16(17(15)20)19-14-4-2-1-3-5-14/h1-9,15-16,19H,10-11H2. The zero-order valence-corrected chi connectivity index (χ0v) is 12.6. The molecule has 0 bridgehead atoms. The fourth-order valence-corrected chi connectivity index (χ4v) is 3.03. The molecule has 1 fully saturated rings. The summed E-state index contributed by atoms with van der Waals surface area (Å²) in [5.74, 6) is 0.334. The summed E-state index contributed by atoms with van der Waals surface area (Å²) < 4.78 is 1.05. The van der Waals surface area contributed by atoms with Gasteiger partial charge in [0.2, 0.25) is 0 Å². The van der Waals surface area contributed by atoms with E-state index in [1.54, 1.807) is 0 Å². The predicted octanol–water partition coefficient (Wildman–Crippen LogP) is 4.38. The van der Waals surface area contributed by atoms with E-state index in [0.717, 1.165) is 28.6 Å². The van der Waals surface area contributed by atoms with Crippen LogP contribution in [-0.4, -0.2) is 11.8 Å². The van der Waals surface area contributed by atoms with Crippen LogP contribution in [0.5, 0.6) is 0 Å². The predicted molar refractivity (Wildman–Crippen MR) is 85.0 cm³/mol. The Morgan fingerprint density at radius 3 is 2.35 bits per heavy atom. The number of ketones is 1. The van der Waals surface area contributed by atoms with Gasteiger partial charge in [-0.15, -0.1) is 0 Å². The Bertz CT molecular complexity index is 594. The Morgan fingerprint density at radius 1 is 0.950 bits per heavy atom. The number of anilines is 1. The molecule has 2 unspecified atom stereocenters. The highest BCUT2D eigenvalue weighted by Gasteiger charge is 2.34. The van der Waals surface area contributed by atoms with E-state index < -0.39 is 0 Å². The highest BCUT2D eigenvalue weighted by molar-refractivity contribution is 9.10. The lowest BCUT2D eigenvalue weighted by Crippen LogP contribution is -2.26. The van der Waals surface area contributed by atoms with E-state index in [1.165, 1.54) is 0 Å². The summed E-state index contributed by atoms with van der Waals surface area (Å²) in [6.07, 6.45) is 1.82. The van der Waals surface area contributed by atoms with Crippen molar-refractivity contribution in [1.29, 1.82) is 0 Å². The molecule has 0 amide bonds. The normalized spacial score (nSPS) is 21.9. The fraction of sp³-hybridized carbons (Fsp3) is 0.235. The molecule has 1 aliphatic rings. The van der Waals surface area contributed by atoms with Crippen molar-refractivity contribution in [2.24, 2.45) is 0 Å². The largest absolute Gasteiger partial charge is 0.375 e. The number of hydrogen-bond acceptors (Lipinski definition) is 2. The molecule has 0 heterocycles. The van der Waals surface area contributed by atoms with Gasteiger partial charge in [0.05, 0.1) is 6.04 Å². The Labute approximate surface area is 127 Å². The minimum atomic E-state index is -0.0638. The number of rotatable bonds is 3. The fourth-order valence-electron chi connectivity index (χ4n) is 2.77. The third-order valence-corrected chi connectivity index (χ3v) is 4.35.